The highest BCUT2D eigenvalue weighted by atomic mass is 35.5. The van der Waals surface area contributed by atoms with E-state index in [-0.39, 0.29) is 29.7 Å². The van der Waals surface area contributed by atoms with Crippen LogP contribution in [0.5, 0.6) is 0 Å². The van der Waals surface area contributed by atoms with Gasteiger partial charge in [0.25, 0.3) is 0 Å². The Balaban J connectivity index is 1.54. The zero-order valence-corrected chi connectivity index (χ0v) is 37.2. The molecule has 0 radical (unpaired) electrons. The summed E-state index contributed by atoms with van der Waals surface area (Å²) in [7, 11) is 0. The molecule has 0 spiro atoms. The maximum atomic E-state index is 15.5. The Morgan fingerprint density at radius 1 is 0.952 bits per heavy atom. The van der Waals surface area contributed by atoms with Crippen LogP contribution in [-0.2, 0) is 47.7 Å². The summed E-state index contributed by atoms with van der Waals surface area (Å²) in [5.74, 6) is -7.18. The molecule has 1 amide bonds. The number of hydrogen-bond donors (Lipinski definition) is 4. The van der Waals surface area contributed by atoms with Gasteiger partial charge in [-0.15, -0.1) is 23.2 Å². The molecule has 1 saturated heterocycles. The SMILES string of the molecule is CC(=O)O[C@H]1C(=O)[C@@]2(C)[C@H]([C@H](OC(=O)c3ccccc3)[C@]3(O)C[C@H](OC(=O)[C@H](O)[C@@H](NC(=O)[C@](C)(Cl)[C@@H](C)Cl)c4ccccc4)C(C)=C1C3(C)C)[C@]1(OC(C)=O)CO[C@@H]1C[C@@H]2O. The summed E-state index contributed by atoms with van der Waals surface area (Å²) in [4.78, 5) is 81.8. The molecule has 3 aliphatic carbocycles. The van der Waals surface area contributed by atoms with Crippen LogP contribution in [0.3, 0.4) is 0 Å². The number of Topliss-reactive ketones (excluding diaryl/α,β-unsaturated/α-hetero) is 1. The van der Waals surface area contributed by atoms with Gasteiger partial charge in [-0.25, -0.2) is 9.59 Å². The lowest BCUT2D eigenvalue weighted by Crippen LogP contribution is -2.82. The Morgan fingerprint density at radius 3 is 2.08 bits per heavy atom. The minimum absolute atomic E-state index is 0.0261. The van der Waals surface area contributed by atoms with E-state index < -0.39 is 123 Å². The molecule has 2 bridgehead atoms. The second-order valence-corrected chi connectivity index (χ2v) is 19.1. The zero-order chi connectivity index (χ0) is 45.9. The van der Waals surface area contributed by atoms with Crippen LogP contribution in [-0.4, -0.2) is 116 Å². The number of carbonyl (C=O) groups excluding carboxylic acids is 6. The number of halogens is 2. The summed E-state index contributed by atoms with van der Waals surface area (Å²) in [6.45, 7) is 10.8. The lowest BCUT2D eigenvalue weighted by Gasteiger charge is -2.67. The smallest absolute Gasteiger partial charge is 0.338 e. The van der Waals surface area contributed by atoms with Crippen molar-refractivity contribution in [2.45, 2.75) is 132 Å². The second-order valence-electron chi connectivity index (χ2n) is 17.7. The van der Waals surface area contributed by atoms with Gasteiger partial charge in [-0.2, -0.15) is 0 Å². The molecule has 4 N–H and O–H groups in total. The van der Waals surface area contributed by atoms with Gasteiger partial charge in [0.2, 0.25) is 5.91 Å². The molecule has 1 heterocycles. The molecule has 2 aromatic rings. The molecule has 336 valence electrons. The van der Waals surface area contributed by atoms with Crippen molar-refractivity contribution in [1.82, 2.24) is 5.32 Å². The molecule has 15 nitrogen and oxygen atoms in total. The third-order valence-corrected chi connectivity index (χ3v) is 14.7. The van der Waals surface area contributed by atoms with Crippen LogP contribution in [0.15, 0.2) is 71.8 Å². The fourth-order valence-electron chi connectivity index (χ4n) is 9.83. The van der Waals surface area contributed by atoms with E-state index in [0.29, 0.717) is 5.56 Å². The van der Waals surface area contributed by atoms with Crippen LogP contribution < -0.4 is 5.32 Å². The summed E-state index contributed by atoms with van der Waals surface area (Å²) in [5, 5.41) is 39.2. The molecule has 3 fully saturated rings. The van der Waals surface area contributed by atoms with Gasteiger partial charge in [-0.05, 0) is 56.5 Å². The van der Waals surface area contributed by atoms with Crippen molar-refractivity contribution in [3.63, 3.8) is 0 Å². The van der Waals surface area contributed by atoms with Crippen LogP contribution >= 0.6 is 23.2 Å². The van der Waals surface area contributed by atoms with Crippen molar-refractivity contribution in [2.75, 3.05) is 6.61 Å². The van der Waals surface area contributed by atoms with Crippen molar-refractivity contribution in [3.05, 3.63) is 82.9 Å². The van der Waals surface area contributed by atoms with Gasteiger partial charge in [-0.3, -0.25) is 19.2 Å². The molecule has 1 aliphatic heterocycles. The van der Waals surface area contributed by atoms with Gasteiger partial charge >= 0.3 is 23.9 Å². The predicted molar refractivity (Wildman–Crippen MR) is 221 cm³/mol. The number of amides is 1. The van der Waals surface area contributed by atoms with Crippen molar-refractivity contribution in [3.8, 4) is 0 Å². The average Bonchev–Trinajstić information content (AvgIpc) is 3.20. The molecular formula is C45H53Cl2NO14. The van der Waals surface area contributed by atoms with E-state index in [9.17, 15) is 39.3 Å². The van der Waals surface area contributed by atoms with Gasteiger partial charge < -0.3 is 44.3 Å². The number of fused-ring (bicyclic) bond motifs is 5. The summed E-state index contributed by atoms with van der Waals surface area (Å²) < 4.78 is 30.2. The lowest BCUT2D eigenvalue weighted by atomic mass is 9.44. The molecular weight excluding hydrogens is 849 g/mol. The molecule has 2 aromatic carbocycles. The largest absolute Gasteiger partial charge is 0.456 e. The Bertz CT molecular complexity index is 2140. The Morgan fingerprint density at radius 2 is 1.55 bits per heavy atom. The minimum Gasteiger partial charge on any atom is -0.456 e. The number of carbonyl (C=O) groups is 6. The topological polar surface area (TPSA) is 221 Å². The van der Waals surface area contributed by atoms with E-state index in [2.05, 4.69) is 5.32 Å². The highest BCUT2D eigenvalue weighted by Gasteiger charge is 2.78. The number of ether oxygens (including phenoxy) is 5. The van der Waals surface area contributed by atoms with E-state index >= 15 is 4.79 Å². The van der Waals surface area contributed by atoms with Crippen molar-refractivity contribution in [2.24, 2.45) is 16.7 Å². The van der Waals surface area contributed by atoms with E-state index in [0.717, 1.165) is 13.8 Å². The number of esters is 4. The highest BCUT2D eigenvalue weighted by molar-refractivity contribution is 6.40. The van der Waals surface area contributed by atoms with Crippen molar-refractivity contribution in [1.29, 1.82) is 0 Å². The third-order valence-electron chi connectivity index (χ3n) is 13.6. The Labute approximate surface area is 369 Å². The summed E-state index contributed by atoms with van der Waals surface area (Å²) in [6, 6.07) is 14.4. The summed E-state index contributed by atoms with van der Waals surface area (Å²) in [6.07, 6.45) is -10.7. The van der Waals surface area contributed by atoms with Gasteiger partial charge in [0.1, 0.15) is 28.8 Å². The first-order chi connectivity index (χ1) is 28.9. The summed E-state index contributed by atoms with van der Waals surface area (Å²) in [5.41, 5.74) is -7.49. The zero-order valence-electron chi connectivity index (χ0n) is 35.7. The Hall–Kier alpha value is -4.38. The molecule has 17 heteroatoms. The van der Waals surface area contributed by atoms with Crippen LogP contribution in [0.4, 0.5) is 0 Å². The van der Waals surface area contributed by atoms with Gasteiger partial charge in [0.15, 0.2) is 23.6 Å². The molecule has 13 atom stereocenters. The fraction of sp³-hybridized carbons (Fsp3) is 0.556. The number of hydrogen-bond acceptors (Lipinski definition) is 14. The van der Waals surface area contributed by atoms with Gasteiger partial charge in [-0.1, -0.05) is 62.4 Å². The lowest BCUT2D eigenvalue weighted by molar-refractivity contribution is -0.346. The first-order valence-corrected chi connectivity index (χ1v) is 21.1. The number of ketones is 1. The first-order valence-electron chi connectivity index (χ1n) is 20.3. The number of nitrogens with one attached hydrogen (secondary N) is 1. The monoisotopic (exact) mass is 901 g/mol. The van der Waals surface area contributed by atoms with E-state index in [1.807, 2.05) is 0 Å². The number of benzene rings is 2. The highest BCUT2D eigenvalue weighted by Crippen LogP contribution is 2.64. The predicted octanol–water partition coefficient (Wildman–Crippen LogP) is 4.05. The van der Waals surface area contributed by atoms with Gasteiger partial charge in [0, 0.05) is 32.1 Å². The molecule has 2 saturated carbocycles. The second kappa shape index (κ2) is 17.0. The third kappa shape index (κ3) is 7.72. The van der Waals surface area contributed by atoms with Crippen LogP contribution in [0, 0.1) is 16.7 Å². The molecule has 0 aromatic heterocycles. The van der Waals surface area contributed by atoms with E-state index in [1.54, 1.807) is 62.4 Å². The molecule has 4 aliphatic rings. The van der Waals surface area contributed by atoms with E-state index in [1.165, 1.54) is 39.8 Å². The number of aliphatic hydroxyl groups excluding tert-OH is 2. The fourth-order valence-corrected chi connectivity index (χ4v) is 9.99. The maximum Gasteiger partial charge on any atom is 0.338 e. The average molecular weight is 903 g/mol. The van der Waals surface area contributed by atoms with Crippen molar-refractivity contribution >= 4 is 58.8 Å². The quantitative estimate of drug-likeness (QED) is 0.108. The standard InChI is InChI=1S/C45H53Cl2NO14/c1-22-28(60-39(55)33(52)32(26-15-11-9-12-16-26)48-40(56)43(8,47)23(2)46)20-45(57)37(61-38(54)27-17-13-10-14-18-27)35-42(7,29(51)19-30-44(35,21-58-30)62-25(4)50)36(53)34(59-24(3)49)31(22)41(45,5)6/h9-18,23,28-30,32-35,37,51-52,57H,19-21H2,1-8H3,(H,48,56)/t23-,28+,29+,30-,32+,33-,34-,35+,37+,42-,43-,44+,45-/m1/s1. The normalized spacial score (nSPS) is 33.5. The maximum absolute atomic E-state index is 15.5. The van der Waals surface area contributed by atoms with Crippen LogP contribution in [0.25, 0.3) is 0 Å². The summed E-state index contributed by atoms with van der Waals surface area (Å²) >= 11 is 12.7. The van der Waals surface area contributed by atoms with Crippen LogP contribution in [0.2, 0.25) is 0 Å². The van der Waals surface area contributed by atoms with Gasteiger partial charge in [0.05, 0.1) is 41.0 Å². The Kier molecular flexibility index (Phi) is 12.9. The van der Waals surface area contributed by atoms with Crippen molar-refractivity contribution < 1.29 is 67.8 Å². The molecule has 0 unspecified atom stereocenters. The number of aliphatic hydroxyl groups is 3. The minimum atomic E-state index is -2.42. The number of alkyl halides is 2. The number of rotatable bonds is 11. The first kappa shape index (κ1) is 47.1. The molecule has 6 rings (SSSR count). The van der Waals surface area contributed by atoms with E-state index in [4.69, 9.17) is 46.9 Å². The molecule has 62 heavy (non-hydrogen) atoms. The van der Waals surface area contributed by atoms with Crippen LogP contribution in [0.1, 0.15) is 90.2 Å².